The lowest BCUT2D eigenvalue weighted by molar-refractivity contribution is 0.306. The molecule has 0 spiro atoms. The van der Waals surface area contributed by atoms with Crippen LogP contribution < -0.4 is 16.2 Å². The Kier molecular flexibility index (Phi) is 5.23. The maximum atomic E-state index is 5.77. The summed E-state index contributed by atoms with van der Waals surface area (Å²) in [6.07, 6.45) is 0. The summed E-state index contributed by atoms with van der Waals surface area (Å²) in [5.41, 5.74) is 14.2. The number of benzene rings is 2. The predicted molar refractivity (Wildman–Crippen MR) is 98.9 cm³/mol. The van der Waals surface area contributed by atoms with Crippen molar-refractivity contribution < 1.29 is 9.37 Å². The maximum absolute atomic E-state index is 5.77. The summed E-state index contributed by atoms with van der Waals surface area (Å²) < 4.78 is 10.2. The molecule has 0 aliphatic rings. The third-order valence-electron chi connectivity index (χ3n) is 3.58. The fourth-order valence-electron chi connectivity index (χ4n) is 2.14. The van der Waals surface area contributed by atoms with Gasteiger partial charge in [0.1, 0.15) is 12.4 Å². The highest BCUT2D eigenvalue weighted by Crippen LogP contribution is 2.15. The van der Waals surface area contributed by atoms with Gasteiger partial charge in [-0.25, -0.2) is 4.63 Å². The molecule has 0 amide bonds. The zero-order valence-corrected chi connectivity index (χ0v) is 14.2. The van der Waals surface area contributed by atoms with E-state index in [0.717, 1.165) is 16.9 Å². The topological polar surface area (TPSA) is 125 Å². The van der Waals surface area contributed by atoms with Crippen LogP contribution >= 0.6 is 0 Å². The number of rotatable bonds is 6. The van der Waals surface area contributed by atoms with Gasteiger partial charge < -0.3 is 16.2 Å². The number of nitrogens with two attached hydrogens (primary N) is 2. The first-order valence-corrected chi connectivity index (χ1v) is 7.87. The standard InChI is InChI=1S/C18H18N6O2/c1-12(21-22-17(19)16-18(20)24-26-23-16)14-7-9-15(10-8-14)25-11-13-5-3-2-4-6-13/h2-10H,11H2,1H3,(H2,19,22)(H2,20,24)/b21-12-. The van der Waals surface area contributed by atoms with Gasteiger partial charge in [0.2, 0.25) is 0 Å². The molecule has 132 valence electrons. The highest BCUT2D eigenvalue weighted by Gasteiger charge is 2.10. The highest BCUT2D eigenvalue weighted by molar-refractivity contribution is 6.01. The van der Waals surface area contributed by atoms with Gasteiger partial charge in [0, 0.05) is 0 Å². The fraction of sp³-hybridized carbons (Fsp3) is 0.111. The molecule has 2 aromatic carbocycles. The van der Waals surface area contributed by atoms with Crippen molar-refractivity contribution in [3.63, 3.8) is 0 Å². The van der Waals surface area contributed by atoms with E-state index in [4.69, 9.17) is 16.2 Å². The molecular weight excluding hydrogens is 332 g/mol. The summed E-state index contributed by atoms with van der Waals surface area (Å²) in [5, 5.41) is 15.0. The third-order valence-corrected chi connectivity index (χ3v) is 3.58. The normalized spacial score (nSPS) is 12.2. The Labute approximate surface area is 150 Å². The van der Waals surface area contributed by atoms with Crippen LogP contribution in [0.3, 0.4) is 0 Å². The molecule has 0 fully saturated rings. The van der Waals surface area contributed by atoms with Crippen molar-refractivity contribution in [2.75, 3.05) is 5.73 Å². The Morgan fingerprint density at radius 3 is 2.42 bits per heavy atom. The van der Waals surface area contributed by atoms with Crippen LogP contribution in [0, 0.1) is 0 Å². The van der Waals surface area contributed by atoms with Gasteiger partial charge >= 0.3 is 0 Å². The summed E-state index contributed by atoms with van der Waals surface area (Å²) in [7, 11) is 0. The van der Waals surface area contributed by atoms with Crippen LogP contribution in [-0.4, -0.2) is 21.9 Å². The van der Waals surface area contributed by atoms with Crippen molar-refractivity contribution in [3.05, 3.63) is 71.4 Å². The van der Waals surface area contributed by atoms with E-state index in [2.05, 4.69) is 25.1 Å². The molecule has 0 aliphatic heterocycles. The molecule has 0 unspecified atom stereocenters. The van der Waals surface area contributed by atoms with Crippen LogP contribution in [0.5, 0.6) is 5.75 Å². The second kappa shape index (κ2) is 7.93. The molecule has 0 saturated heterocycles. The molecule has 4 N–H and O–H groups in total. The second-order valence-corrected chi connectivity index (χ2v) is 5.47. The monoisotopic (exact) mass is 350 g/mol. The first-order valence-electron chi connectivity index (χ1n) is 7.87. The lowest BCUT2D eigenvalue weighted by Gasteiger charge is -2.07. The molecule has 0 atom stereocenters. The van der Waals surface area contributed by atoms with Crippen molar-refractivity contribution in [2.24, 2.45) is 15.9 Å². The van der Waals surface area contributed by atoms with E-state index >= 15 is 0 Å². The first kappa shape index (κ1) is 17.2. The van der Waals surface area contributed by atoms with Crippen molar-refractivity contribution in [1.29, 1.82) is 0 Å². The zero-order chi connectivity index (χ0) is 18.4. The molecule has 0 aliphatic carbocycles. The van der Waals surface area contributed by atoms with Gasteiger partial charge in [-0.1, -0.05) is 30.3 Å². The molecule has 1 heterocycles. The van der Waals surface area contributed by atoms with Crippen molar-refractivity contribution in [3.8, 4) is 5.75 Å². The van der Waals surface area contributed by atoms with Gasteiger partial charge in [-0.15, -0.1) is 5.10 Å². The average Bonchev–Trinajstić information content (AvgIpc) is 3.11. The summed E-state index contributed by atoms with van der Waals surface area (Å²) >= 11 is 0. The molecule has 3 rings (SSSR count). The number of amidine groups is 1. The van der Waals surface area contributed by atoms with Gasteiger partial charge in [-0.05, 0) is 52.6 Å². The minimum Gasteiger partial charge on any atom is -0.489 e. The molecule has 8 nitrogen and oxygen atoms in total. The van der Waals surface area contributed by atoms with Crippen molar-refractivity contribution >= 4 is 17.4 Å². The molecule has 26 heavy (non-hydrogen) atoms. The van der Waals surface area contributed by atoms with Crippen LogP contribution in [0.15, 0.2) is 69.4 Å². The lowest BCUT2D eigenvalue weighted by atomic mass is 10.1. The number of anilines is 1. The smallest absolute Gasteiger partial charge is 0.199 e. The molecule has 8 heteroatoms. The zero-order valence-electron chi connectivity index (χ0n) is 14.2. The largest absolute Gasteiger partial charge is 0.489 e. The quantitative estimate of drug-likeness (QED) is 0.399. The van der Waals surface area contributed by atoms with E-state index in [9.17, 15) is 0 Å². The third kappa shape index (κ3) is 4.23. The van der Waals surface area contributed by atoms with Gasteiger partial charge in [-0.2, -0.15) is 5.10 Å². The molecule has 3 aromatic rings. The van der Waals surface area contributed by atoms with Crippen LogP contribution in [0.1, 0.15) is 23.7 Å². The molecule has 0 saturated carbocycles. The Balaban J connectivity index is 1.65. The van der Waals surface area contributed by atoms with Crippen molar-refractivity contribution in [1.82, 2.24) is 10.3 Å². The molecular formula is C18H18N6O2. The molecule has 0 radical (unpaired) electrons. The Bertz CT molecular complexity index is 916. The molecule has 0 bridgehead atoms. The van der Waals surface area contributed by atoms with Gasteiger partial charge in [0.05, 0.1) is 5.71 Å². The second-order valence-electron chi connectivity index (χ2n) is 5.47. The van der Waals surface area contributed by atoms with Crippen LogP contribution in [0.2, 0.25) is 0 Å². The summed E-state index contributed by atoms with van der Waals surface area (Å²) in [6.45, 7) is 2.34. The van der Waals surface area contributed by atoms with Gasteiger partial charge in [0.25, 0.3) is 0 Å². The van der Waals surface area contributed by atoms with Crippen LogP contribution in [0.4, 0.5) is 5.82 Å². The van der Waals surface area contributed by atoms with Crippen molar-refractivity contribution in [2.45, 2.75) is 13.5 Å². The summed E-state index contributed by atoms with van der Waals surface area (Å²) in [4.78, 5) is 0. The minimum atomic E-state index is 0.0333. The predicted octanol–water partition coefficient (Wildman–Crippen LogP) is 2.36. The number of nitrogens with zero attached hydrogens (tertiary/aromatic N) is 4. The number of nitrogen functional groups attached to an aromatic ring is 1. The first-order chi connectivity index (χ1) is 12.6. The van der Waals surface area contributed by atoms with E-state index in [-0.39, 0.29) is 17.3 Å². The van der Waals surface area contributed by atoms with E-state index in [1.54, 1.807) is 0 Å². The Hall–Kier alpha value is -3.68. The number of hydrogen-bond acceptors (Lipinski definition) is 7. The number of hydrogen-bond donors (Lipinski definition) is 2. The average molecular weight is 350 g/mol. The van der Waals surface area contributed by atoms with Crippen LogP contribution in [0.25, 0.3) is 0 Å². The summed E-state index contributed by atoms with van der Waals surface area (Å²) in [5.74, 6) is 0.875. The number of ether oxygens (including phenoxy) is 1. The SMILES string of the molecule is C/C(=N/N=C(/N)c1nonc1N)c1ccc(OCc2ccccc2)cc1. The van der Waals surface area contributed by atoms with E-state index in [1.165, 1.54) is 0 Å². The maximum Gasteiger partial charge on any atom is 0.199 e. The highest BCUT2D eigenvalue weighted by atomic mass is 16.6. The van der Waals surface area contributed by atoms with Crippen LogP contribution in [-0.2, 0) is 6.61 Å². The number of aromatic nitrogens is 2. The Morgan fingerprint density at radius 2 is 1.77 bits per heavy atom. The Morgan fingerprint density at radius 1 is 1.04 bits per heavy atom. The summed E-state index contributed by atoms with van der Waals surface area (Å²) in [6, 6.07) is 17.5. The fourth-order valence-corrected chi connectivity index (χ4v) is 2.14. The lowest BCUT2D eigenvalue weighted by Crippen LogP contribution is -2.15. The van der Waals surface area contributed by atoms with Gasteiger partial charge in [0.15, 0.2) is 17.3 Å². The van der Waals surface area contributed by atoms with Gasteiger partial charge in [-0.3, -0.25) is 0 Å². The van der Waals surface area contributed by atoms with E-state index < -0.39 is 0 Å². The molecule has 1 aromatic heterocycles. The van der Waals surface area contributed by atoms with E-state index in [1.807, 2.05) is 61.5 Å². The minimum absolute atomic E-state index is 0.0333. The van der Waals surface area contributed by atoms with E-state index in [0.29, 0.717) is 12.3 Å².